The fraction of sp³-hybridized carbons (Fsp3) is 0.615. The molecule has 1 aliphatic carbocycles. The van der Waals surface area contributed by atoms with E-state index in [9.17, 15) is 5.26 Å². The quantitative estimate of drug-likeness (QED) is 0.808. The van der Waals surface area contributed by atoms with Gasteiger partial charge in [-0.25, -0.2) is 0 Å². The zero-order chi connectivity index (χ0) is 12.1. The maximum atomic E-state index is 9.43. The molecule has 1 heterocycles. The molecule has 0 spiro atoms. The highest BCUT2D eigenvalue weighted by molar-refractivity contribution is 7.98. The molecule has 1 saturated carbocycles. The van der Waals surface area contributed by atoms with Gasteiger partial charge in [-0.3, -0.25) is 5.32 Å². The molecule has 0 bridgehead atoms. The van der Waals surface area contributed by atoms with Crippen molar-refractivity contribution >= 4 is 11.8 Å². The Morgan fingerprint density at radius 3 is 3.00 bits per heavy atom. The highest BCUT2D eigenvalue weighted by atomic mass is 32.2. The van der Waals surface area contributed by atoms with Crippen LogP contribution in [0.5, 0.6) is 0 Å². The topological polar surface area (TPSA) is 49.0 Å². The molecular formula is C13H18N2OS. The van der Waals surface area contributed by atoms with Crippen molar-refractivity contribution in [2.75, 3.05) is 12.3 Å². The Morgan fingerprint density at radius 1 is 1.65 bits per heavy atom. The minimum Gasteiger partial charge on any atom is -0.468 e. The first-order valence-corrected chi connectivity index (χ1v) is 7.22. The second kappa shape index (κ2) is 5.61. The Labute approximate surface area is 107 Å². The molecule has 1 unspecified atom stereocenters. The van der Waals surface area contributed by atoms with Crippen molar-refractivity contribution in [3.63, 3.8) is 0 Å². The summed E-state index contributed by atoms with van der Waals surface area (Å²) in [6.07, 6.45) is 4.06. The molecule has 1 aliphatic rings. The van der Waals surface area contributed by atoms with Gasteiger partial charge in [0.15, 0.2) is 0 Å². The molecule has 1 N–H and O–H groups in total. The van der Waals surface area contributed by atoms with Crippen LogP contribution in [0.2, 0.25) is 0 Å². The van der Waals surface area contributed by atoms with Gasteiger partial charge in [-0.1, -0.05) is 6.92 Å². The van der Waals surface area contributed by atoms with Gasteiger partial charge in [-0.05, 0) is 37.4 Å². The Morgan fingerprint density at radius 2 is 2.47 bits per heavy atom. The SMILES string of the molecule is CCNC(C#N)(CSCc1ccco1)C1CC1. The highest BCUT2D eigenvalue weighted by Gasteiger charge is 2.44. The van der Waals surface area contributed by atoms with Crippen molar-refractivity contribution in [2.24, 2.45) is 5.92 Å². The van der Waals surface area contributed by atoms with E-state index in [1.54, 1.807) is 18.0 Å². The molecule has 1 atom stereocenters. The third-order valence-corrected chi connectivity index (χ3v) is 4.27. The van der Waals surface area contributed by atoms with E-state index in [4.69, 9.17) is 4.42 Å². The molecule has 1 fully saturated rings. The molecule has 3 nitrogen and oxygen atoms in total. The van der Waals surface area contributed by atoms with Crippen LogP contribution in [-0.2, 0) is 5.75 Å². The average Bonchev–Trinajstić information content (AvgIpc) is 3.07. The first-order valence-electron chi connectivity index (χ1n) is 6.07. The van der Waals surface area contributed by atoms with Crippen LogP contribution >= 0.6 is 11.8 Å². The smallest absolute Gasteiger partial charge is 0.118 e. The lowest BCUT2D eigenvalue weighted by Gasteiger charge is -2.27. The fourth-order valence-corrected chi connectivity index (χ4v) is 3.27. The first kappa shape index (κ1) is 12.5. The molecule has 0 amide bonds. The highest BCUT2D eigenvalue weighted by Crippen LogP contribution is 2.41. The van der Waals surface area contributed by atoms with Crippen molar-refractivity contribution < 1.29 is 4.42 Å². The Bertz CT molecular complexity index is 381. The van der Waals surface area contributed by atoms with Crippen LogP contribution in [0.3, 0.4) is 0 Å². The van der Waals surface area contributed by atoms with Gasteiger partial charge in [0.1, 0.15) is 11.3 Å². The Kier molecular flexibility index (Phi) is 4.14. The number of thioether (sulfide) groups is 1. The standard InChI is InChI=1S/C13H18N2OS/c1-2-15-13(9-14,11-5-6-11)10-17-8-12-4-3-7-16-12/h3-4,7,11,15H,2,5-6,8,10H2,1H3. The summed E-state index contributed by atoms with van der Waals surface area (Å²) in [5, 5.41) is 12.8. The molecule has 1 aromatic rings. The lowest BCUT2D eigenvalue weighted by molar-refractivity contribution is 0.415. The lowest BCUT2D eigenvalue weighted by atomic mass is 9.98. The molecule has 0 aliphatic heterocycles. The number of nitrogens with zero attached hydrogens (tertiary/aromatic N) is 1. The molecule has 4 heteroatoms. The van der Waals surface area contributed by atoms with Gasteiger partial charge in [0, 0.05) is 5.75 Å². The van der Waals surface area contributed by atoms with E-state index in [2.05, 4.69) is 18.3 Å². The van der Waals surface area contributed by atoms with Crippen LogP contribution in [0.1, 0.15) is 25.5 Å². The number of furan rings is 1. The van der Waals surface area contributed by atoms with Crippen LogP contribution in [0.4, 0.5) is 0 Å². The number of nitriles is 1. The van der Waals surface area contributed by atoms with Gasteiger partial charge < -0.3 is 4.42 Å². The zero-order valence-electron chi connectivity index (χ0n) is 10.1. The van der Waals surface area contributed by atoms with Gasteiger partial charge >= 0.3 is 0 Å². The maximum Gasteiger partial charge on any atom is 0.118 e. The molecule has 2 rings (SSSR count). The molecule has 1 aromatic heterocycles. The zero-order valence-corrected chi connectivity index (χ0v) is 10.9. The van der Waals surface area contributed by atoms with E-state index >= 15 is 0 Å². The monoisotopic (exact) mass is 250 g/mol. The maximum absolute atomic E-state index is 9.43. The number of nitrogens with one attached hydrogen (secondary N) is 1. The van der Waals surface area contributed by atoms with E-state index in [1.165, 1.54) is 12.8 Å². The Hall–Kier alpha value is -0.920. The average molecular weight is 250 g/mol. The summed E-state index contributed by atoms with van der Waals surface area (Å²) >= 11 is 1.77. The van der Waals surface area contributed by atoms with Crippen LogP contribution in [0, 0.1) is 17.2 Å². The minimum atomic E-state index is -0.327. The van der Waals surface area contributed by atoms with E-state index in [0.29, 0.717) is 5.92 Å². The fourth-order valence-electron chi connectivity index (χ4n) is 2.08. The van der Waals surface area contributed by atoms with Crippen LogP contribution in [-0.4, -0.2) is 17.8 Å². The summed E-state index contributed by atoms with van der Waals surface area (Å²) in [6, 6.07) is 6.37. The summed E-state index contributed by atoms with van der Waals surface area (Å²) in [5.41, 5.74) is -0.327. The van der Waals surface area contributed by atoms with Crippen molar-refractivity contribution in [1.82, 2.24) is 5.32 Å². The van der Waals surface area contributed by atoms with Crippen molar-refractivity contribution in [3.05, 3.63) is 24.2 Å². The second-order valence-electron chi connectivity index (χ2n) is 4.46. The first-order chi connectivity index (χ1) is 8.30. The van der Waals surface area contributed by atoms with Gasteiger partial charge in [0.25, 0.3) is 0 Å². The molecule has 17 heavy (non-hydrogen) atoms. The molecule has 0 saturated heterocycles. The third kappa shape index (κ3) is 3.05. The van der Waals surface area contributed by atoms with E-state index < -0.39 is 0 Å². The molecule has 0 aromatic carbocycles. The number of hydrogen-bond acceptors (Lipinski definition) is 4. The van der Waals surface area contributed by atoms with Gasteiger partial charge in [-0.15, -0.1) is 0 Å². The minimum absolute atomic E-state index is 0.327. The summed E-state index contributed by atoms with van der Waals surface area (Å²) in [5.74, 6) is 3.20. The lowest BCUT2D eigenvalue weighted by Crippen LogP contribution is -2.48. The van der Waals surface area contributed by atoms with Crippen molar-refractivity contribution in [2.45, 2.75) is 31.1 Å². The summed E-state index contributed by atoms with van der Waals surface area (Å²) in [7, 11) is 0. The van der Waals surface area contributed by atoms with Crippen molar-refractivity contribution in [1.29, 1.82) is 5.26 Å². The predicted octanol–water partition coefficient (Wildman–Crippen LogP) is 2.79. The normalized spacial score (nSPS) is 18.6. The number of hydrogen-bond donors (Lipinski definition) is 1. The Balaban J connectivity index is 1.87. The van der Waals surface area contributed by atoms with E-state index in [-0.39, 0.29) is 5.54 Å². The van der Waals surface area contributed by atoms with Crippen LogP contribution in [0.15, 0.2) is 22.8 Å². The summed E-state index contributed by atoms with van der Waals surface area (Å²) in [4.78, 5) is 0. The van der Waals surface area contributed by atoms with Gasteiger partial charge in [0.2, 0.25) is 0 Å². The van der Waals surface area contributed by atoms with Crippen LogP contribution < -0.4 is 5.32 Å². The third-order valence-electron chi connectivity index (χ3n) is 3.12. The van der Waals surface area contributed by atoms with Crippen LogP contribution in [0.25, 0.3) is 0 Å². The summed E-state index contributed by atoms with van der Waals surface area (Å²) in [6.45, 7) is 2.91. The van der Waals surface area contributed by atoms with Gasteiger partial charge in [-0.2, -0.15) is 17.0 Å². The second-order valence-corrected chi connectivity index (χ2v) is 5.45. The summed E-state index contributed by atoms with van der Waals surface area (Å²) < 4.78 is 5.29. The molecular weight excluding hydrogens is 232 g/mol. The number of rotatable bonds is 7. The largest absolute Gasteiger partial charge is 0.468 e. The van der Waals surface area contributed by atoms with Crippen molar-refractivity contribution in [3.8, 4) is 6.07 Å². The van der Waals surface area contributed by atoms with Gasteiger partial charge in [0.05, 0.1) is 18.1 Å². The molecule has 0 radical (unpaired) electrons. The predicted molar refractivity (Wildman–Crippen MR) is 69.6 cm³/mol. The van der Waals surface area contributed by atoms with E-state index in [0.717, 1.165) is 23.8 Å². The molecule has 92 valence electrons. The van der Waals surface area contributed by atoms with E-state index in [1.807, 2.05) is 12.1 Å².